The van der Waals surface area contributed by atoms with Crippen molar-refractivity contribution >= 4 is 39.7 Å². The van der Waals surface area contributed by atoms with E-state index in [0.29, 0.717) is 5.56 Å². The maximum Gasteiger partial charge on any atom is 0.128 e. The van der Waals surface area contributed by atoms with Crippen molar-refractivity contribution < 1.29 is 4.39 Å². The highest BCUT2D eigenvalue weighted by Gasteiger charge is 2.13. The van der Waals surface area contributed by atoms with E-state index < -0.39 is 6.04 Å². The van der Waals surface area contributed by atoms with E-state index in [9.17, 15) is 4.39 Å². The second kappa shape index (κ2) is 5.77. The molecular weight excluding hydrogens is 313 g/mol. The molecule has 0 aliphatic rings. The summed E-state index contributed by atoms with van der Waals surface area (Å²) in [5, 5.41) is 3.87. The SMILES string of the molecule is Cl.N[C@@H](c1ccsc1)c1cc(Br)ccc1F. The minimum Gasteiger partial charge on any atom is -0.320 e. The summed E-state index contributed by atoms with van der Waals surface area (Å²) in [6.45, 7) is 0. The van der Waals surface area contributed by atoms with Crippen molar-refractivity contribution in [2.24, 2.45) is 5.73 Å². The molecule has 86 valence electrons. The van der Waals surface area contributed by atoms with Crippen LogP contribution < -0.4 is 5.73 Å². The number of hydrogen-bond donors (Lipinski definition) is 1. The molecule has 1 aromatic carbocycles. The van der Waals surface area contributed by atoms with E-state index in [0.717, 1.165) is 10.0 Å². The highest BCUT2D eigenvalue weighted by molar-refractivity contribution is 9.10. The molecule has 2 rings (SSSR count). The Balaban J connectivity index is 0.00000128. The van der Waals surface area contributed by atoms with E-state index in [1.54, 1.807) is 23.5 Å². The van der Waals surface area contributed by atoms with Crippen molar-refractivity contribution in [3.63, 3.8) is 0 Å². The average molecular weight is 323 g/mol. The summed E-state index contributed by atoms with van der Waals surface area (Å²) in [6.07, 6.45) is 0. The molecule has 0 radical (unpaired) electrons. The Morgan fingerprint density at radius 3 is 2.69 bits per heavy atom. The minimum atomic E-state index is -0.395. The van der Waals surface area contributed by atoms with Gasteiger partial charge in [0.05, 0.1) is 6.04 Å². The van der Waals surface area contributed by atoms with Gasteiger partial charge in [-0.3, -0.25) is 0 Å². The molecule has 0 spiro atoms. The van der Waals surface area contributed by atoms with Gasteiger partial charge in [0.2, 0.25) is 0 Å². The molecule has 2 aromatic rings. The Labute approximate surface area is 112 Å². The third-order valence-corrected chi connectivity index (χ3v) is 3.39. The summed E-state index contributed by atoms with van der Waals surface area (Å²) < 4.78 is 14.4. The average Bonchev–Trinajstić information content (AvgIpc) is 2.74. The van der Waals surface area contributed by atoms with Crippen LogP contribution in [0.2, 0.25) is 0 Å². The summed E-state index contributed by atoms with van der Waals surface area (Å²) in [5.41, 5.74) is 7.43. The Morgan fingerprint density at radius 1 is 1.31 bits per heavy atom. The first kappa shape index (κ1) is 13.6. The second-order valence-corrected chi connectivity index (χ2v) is 4.90. The lowest BCUT2D eigenvalue weighted by molar-refractivity contribution is 0.599. The molecule has 0 saturated carbocycles. The molecule has 0 bridgehead atoms. The zero-order valence-corrected chi connectivity index (χ0v) is 11.4. The van der Waals surface area contributed by atoms with Crippen LogP contribution in [0.3, 0.4) is 0 Å². The van der Waals surface area contributed by atoms with E-state index >= 15 is 0 Å². The highest BCUT2D eigenvalue weighted by atomic mass is 79.9. The molecule has 0 aliphatic carbocycles. The van der Waals surface area contributed by atoms with E-state index in [1.165, 1.54) is 6.07 Å². The van der Waals surface area contributed by atoms with Crippen LogP contribution in [0.5, 0.6) is 0 Å². The molecule has 16 heavy (non-hydrogen) atoms. The lowest BCUT2D eigenvalue weighted by Gasteiger charge is -2.11. The largest absolute Gasteiger partial charge is 0.320 e. The van der Waals surface area contributed by atoms with Gasteiger partial charge in [0, 0.05) is 10.0 Å². The maximum atomic E-state index is 13.5. The van der Waals surface area contributed by atoms with Crippen LogP contribution in [-0.4, -0.2) is 0 Å². The van der Waals surface area contributed by atoms with Gasteiger partial charge in [-0.1, -0.05) is 15.9 Å². The van der Waals surface area contributed by atoms with Crippen molar-refractivity contribution in [1.82, 2.24) is 0 Å². The monoisotopic (exact) mass is 321 g/mol. The first-order valence-corrected chi connectivity index (χ1v) is 6.14. The van der Waals surface area contributed by atoms with E-state index in [4.69, 9.17) is 5.73 Å². The van der Waals surface area contributed by atoms with Crippen LogP contribution in [0.25, 0.3) is 0 Å². The van der Waals surface area contributed by atoms with Crippen molar-refractivity contribution in [3.05, 3.63) is 56.4 Å². The van der Waals surface area contributed by atoms with Gasteiger partial charge in [-0.2, -0.15) is 11.3 Å². The third-order valence-electron chi connectivity index (χ3n) is 2.20. The lowest BCUT2D eigenvalue weighted by Crippen LogP contribution is -2.12. The maximum absolute atomic E-state index is 13.5. The number of nitrogens with two attached hydrogens (primary N) is 1. The molecule has 1 aromatic heterocycles. The highest BCUT2D eigenvalue weighted by Crippen LogP contribution is 2.26. The molecule has 1 atom stereocenters. The van der Waals surface area contributed by atoms with Gasteiger partial charge in [-0.25, -0.2) is 4.39 Å². The third kappa shape index (κ3) is 2.83. The fourth-order valence-electron chi connectivity index (χ4n) is 1.38. The zero-order valence-electron chi connectivity index (χ0n) is 8.19. The van der Waals surface area contributed by atoms with Gasteiger partial charge in [-0.15, -0.1) is 12.4 Å². The Morgan fingerprint density at radius 2 is 2.06 bits per heavy atom. The molecule has 2 N–H and O–H groups in total. The van der Waals surface area contributed by atoms with Crippen LogP contribution in [-0.2, 0) is 0 Å². The summed E-state index contributed by atoms with van der Waals surface area (Å²) in [4.78, 5) is 0. The Kier molecular flexibility index (Phi) is 4.92. The van der Waals surface area contributed by atoms with Gasteiger partial charge in [-0.05, 0) is 40.6 Å². The smallest absolute Gasteiger partial charge is 0.128 e. The van der Waals surface area contributed by atoms with E-state index in [-0.39, 0.29) is 18.2 Å². The summed E-state index contributed by atoms with van der Waals surface area (Å²) in [5.74, 6) is -0.267. The molecule has 0 amide bonds. The van der Waals surface area contributed by atoms with Crippen LogP contribution >= 0.6 is 39.7 Å². The topological polar surface area (TPSA) is 26.0 Å². The Hall–Kier alpha value is -0.420. The molecule has 1 nitrogen and oxygen atoms in total. The van der Waals surface area contributed by atoms with Crippen molar-refractivity contribution in [2.45, 2.75) is 6.04 Å². The van der Waals surface area contributed by atoms with Gasteiger partial charge >= 0.3 is 0 Å². The van der Waals surface area contributed by atoms with E-state index in [2.05, 4.69) is 15.9 Å². The number of rotatable bonds is 2. The molecule has 1 heterocycles. The normalized spacial score (nSPS) is 11.9. The van der Waals surface area contributed by atoms with Crippen LogP contribution in [0.1, 0.15) is 17.2 Å². The fourth-order valence-corrected chi connectivity index (χ4v) is 2.46. The van der Waals surface area contributed by atoms with Crippen LogP contribution in [0, 0.1) is 5.82 Å². The minimum absolute atomic E-state index is 0. The molecule has 0 unspecified atom stereocenters. The van der Waals surface area contributed by atoms with Crippen molar-refractivity contribution in [3.8, 4) is 0 Å². The number of hydrogen-bond acceptors (Lipinski definition) is 2. The predicted molar refractivity (Wildman–Crippen MR) is 71.7 cm³/mol. The van der Waals surface area contributed by atoms with Crippen LogP contribution in [0.15, 0.2) is 39.5 Å². The number of thiophene rings is 1. The standard InChI is InChI=1S/C11H9BrFNS.ClH/c12-8-1-2-10(13)9(5-8)11(14)7-3-4-15-6-7;/h1-6,11H,14H2;1H/t11-;/m0./s1. The Bertz CT molecular complexity index is 461. The van der Waals surface area contributed by atoms with Crippen molar-refractivity contribution in [1.29, 1.82) is 0 Å². The fraction of sp³-hybridized carbons (Fsp3) is 0.0909. The number of halogens is 3. The summed E-state index contributed by atoms with van der Waals surface area (Å²) in [6, 6.07) is 6.33. The molecule has 0 aliphatic heterocycles. The molecule has 0 fully saturated rings. The first-order chi connectivity index (χ1) is 7.18. The summed E-state index contributed by atoms with van der Waals surface area (Å²) in [7, 11) is 0. The zero-order chi connectivity index (χ0) is 10.8. The quantitative estimate of drug-likeness (QED) is 0.884. The predicted octanol–water partition coefficient (Wildman–Crippen LogP) is 4.12. The lowest BCUT2D eigenvalue weighted by atomic mass is 10.0. The summed E-state index contributed by atoms with van der Waals surface area (Å²) >= 11 is 4.87. The van der Waals surface area contributed by atoms with Gasteiger partial charge < -0.3 is 5.73 Å². The van der Waals surface area contributed by atoms with Crippen LogP contribution in [0.4, 0.5) is 4.39 Å². The first-order valence-electron chi connectivity index (χ1n) is 4.41. The van der Waals surface area contributed by atoms with Gasteiger partial charge in [0.25, 0.3) is 0 Å². The van der Waals surface area contributed by atoms with E-state index in [1.807, 2.05) is 16.8 Å². The molecule has 5 heteroatoms. The number of benzene rings is 1. The van der Waals surface area contributed by atoms with Gasteiger partial charge in [0.1, 0.15) is 5.82 Å². The van der Waals surface area contributed by atoms with Crippen molar-refractivity contribution in [2.75, 3.05) is 0 Å². The second-order valence-electron chi connectivity index (χ2n) is 3.20. The molecular formula is C11H10BrClFNS. The van der Waals surface area contributed by atoms with Gasteiger partial charge in [0.15, 0.2) is 0 Å². The molecule has 0 saturated heterocycles.